The molecule has 7 nitrogen and oxygen atoms in total. The molecule has 3 aromatic rings. The predicted molar refractivity (Wildman–Crippen MR) is 135 cm³/mol. The minimum absolute atomic E-state index is 0.0256. The largest absolute Gasteiger partial charge is 0.463 e. The smallest absolute Gasteiger partial charge is 0.416 e. The van der Waals surface area contributed by atoms with Gasteiger partial charge in [0.05, 0.1) is 23.9 Å². The molecule has 0 aliphatic carbocycles. The van der Waals surface area contributed by atoms with E-state index in [-0.39, 0.29) is 29.1 Å². The van der Waals surface area contributed by atoms with Crippen molar-refractivity contribution in [1.29, 1.82) is 0 Å². The van der Waals surface area contributed by atoms with Crippen LogP contribution in [0.2, 0.25) is 0 Å². The molecule has 0 N–H and O–H groups in total. The number of amides is 1. The summed E-state index contributed by atoms with van der Waals surface area (Å²) >= 11 is 0. The first-order chi connectivity index (χ1) is 18.6. The normalized spacial score (nSPS) is 12.0. The Bertz CT molecular complexity index is 1300. The fourth-order valence-electron chi connectivity index (χ4n) is 3.70. The molecule has 0 aliphatic rings. The van der Waals surface area contributed by atoms with E-state index in [0.29, 0.717) is 30.7 Å². The van der Waals surface area contributed by atoms with Crippen LogP contribution in [-0.2, 0) is 18.9 Å². The highest BCUT2D eigenvalue weighted by molar-refractivity contribution is 5.76. The van der Waals surface area contributed by atoms with E-state index in [4.69, 9.17) is 9.47 Å². The van der Waals surface area contributed by atoms with Crippen LogP contribution in [0.4, 0.5) is 31.1 Å². The molecule has 0 atom stereocenters. The average molecular weight is 571 g/mol. The number of rotatable bonds is 9. The van der Waals surface area contributed by atoms with E-state index < -0.39 is 36.1 Å². The highest BCUT2D eigenvalue weighted by Gasteiger charge is 2.37. The number of hydrogen-bond acceptors (Lipinski definition) is 6. The molecule has 0 bridgehead atoms. The Morgan fingerprint density at radius 1 is 0.950 bits per heavy atom. The summed E-state index contributed by atoms with van der Waals surface area (Å²) in [5, 5.41) is 0. The molecule has 3 rings (SSSR count). The van der Waals surface area contributed by atoms with Gasteiger partial charge in [-0.05, 0) is 56.8 Å². The fourth-order valence-corrected chi connectivity index (χ4v) is 3.70. The molecule has 1 heterocycles. The van der Waals surface area contributed by atoms with E-state index in [1.54, 1.807) is 12.1 Å². The highest BCUT2D eigenvalue weighted by atomic mass is 19.4. The van der Waals surface area contributed by atoms with Gasteiger partial charge in [0.15, 0.2) is 5.75 Å². The highest BCUT2D eigenvalue weighted by Crippen LogP contribution is 2.37. The van der Waals surface area contributed by atoms with Crippen molar-refractivity contribution in [2.45, 2.75) is 32.2 Å². The van der Waals surface area contributed by atoms with Crippen LogP contribution in [0.25, 0.3) is 11.3 Å². The zero-order chi connectivity index (χ0) is 29.7. The maximum absolute atomic E-state index is 13.2. The van der Waals surface area contributed by atoms with Crippen LogP contribution in [0, 0.1) is 6.92 Å². The van der Waals surface area contributed by atoms with Crippen LogP contribution in [0.1, 0.15) is 28.7 Å². The molecule has 0 saturated carbocycles. The van der Waals surface area contributed by atoms with Crippen molar-refractivity contribution in [1.82, 2.24) is 19.8 Å². The van der Waals surface area contributed by atoms with Crippen molar-refractivity contribution >= 4 is 6.09 Å². The molecular formula is C27H28F6N4O3. The zero-order valence-corrected chi connectivity index (χ0v) is 22.2. The second kappa shape index (κ2) is 12.5. The first kappa shape index (κ1) is 30.7. The van der Waals surface area contributed by atoms with Gasteiger partial charge in [-0.25, -0.2) is 4.79 Å². The Morgan fingerprint density at radius 3 is 2.15 bits per heavy atom. The number of alkyl halides is 6. The van der Waals surface area contributed by atoms with Crippen molar-refractivity contribution in [2.24, 2.45) is 0 Å². The van der Waals surface area contributed by atoms with Gasteiger partial charge >= 0.3 is 24.5 Å². The maximum Gasteiger partial charge on any atom is 0.416 e. The summed E-state index contributed by atoms with van der Waals surface area (Å²) < 4.78 is 90.4. The third-order valence-corrected chi connectivity index (χ3v) is 5.69. The molecular weight excluding hydrogens is 542 g/mol. The van der Waals surface area contributed by atoms with E-state index in [1.165, 1.54) is 13.2 Å². The van der Waals surface area contributed by atoms with Gasteiger partial charge in [0.1, 0.15) is 5.69 Å². The molecule has 0 unspecified atom stereocenters. The lowest BCUT2D eigenvalue weighted by Crippen LogP contribution is -2.30. The Hall–Kier alpha value is -3.87. The van der Waals surface area contributed by atoms with Crippen LogP contribution in [0.5, 0.6) is 11.8 Å². The molecule has 40 heavy (non-hydrogen) atoms. The quantitative estimate of drug-likeness (QED) is 0.218. The first-order valence-corrected chi connectivity index (χ1v) is 12.1. The van der Waals surface area contributed by atoms with E-state index in [0.717, 1.165) is 17.0 Å². The number of aryl methyl sites for hydroxylation is 1. The van der Waals surface area contributed by atoms with Gasteiger partial charge in [-0.2, -0.15) is 36.3 Å². The topological polar surface area (TPSA) is 67.8 Å². The molecule has 2 aromatic carbocycles. The van der Waals surface area contributed by atoms with Gasteiger partial charge < -0.3 is 19.3 Å². The summed E-state index contributed by atoms with van der Waals surface area (Å²) in [7, 11) is 5.04. The van der Waals surface area contributed by atoms with Crippen molar-refractivity contribution in [3.05, 3.63) is 70.9 Å². The van der Waals surface area contributed by atoms with E-state index in [1.807, 2.05) is 38.1 Å². The molecule has 0 aliphatic heterocycles. The Labute approximate surface area is 227 Å². The number of carbonyl (C=O) groups is 1. The number of aromatic nitrogens is 2. The number of benzene rings is 2. The predicted octanol–water partition coefficient (Wildman–Crippen LogP) is 6.45. The molecule has 0 fully saturated rings. The van der Waals surface area contributed by atoms with Gasteiger partial charge in [-0.15, -0.1) is 0 Å². The summed E-state index contributed by atoms with van der Waals surface area (Å²) in [5.41, 5.74) is -1.68. The third kappa shape index (κ3) is 8.31. The minimum Gasteiger partial charge on any atom is -0.463 e. The second-order valence-corrected chi connectivity index (χ2v) is 9.32. The van der Waals surface area contributed by atoms with E-state index >= 15 is 0 Å². The van der Waals surface area contributed by atoms with Gasteiger partial charge in [0.2, 0.25) is 0 Å². The molecule has 0 saturated heterocycles. The minimum atomic E-state index is -5.01. The molecule has 0 spiro atoms. The monoisotopic (exact) mass is 570 g/mol. The van der Waals surface area contributed by atoms with Gasteiger partial charge in [0, 0.05) is 25.7 Å². The van der Waals surface area contributed by atoms with Crippen LogP contribution >= 0.6 is 0 Å². The number of carbonyl (C=O) groups excluding carboxylic acids is 1. The Kier molecular flexibility index (Phi) is 9.61. The molecule has 1 aromatic heterocycles. The third-order valence-electron chi connectivity index (χ3n) is 5.69. The first-order valence-electron chi connectivity index (χ1n) is 12.1. The van der Waals surface area contributed by atoms with E-state index in [2.05, 4.69) is 9.97 Å². The van der Waals surface area contributed by atoms with Gasteiger partial charge in [0.25, 0.3) is 0 Å². The van der Waals surface area contributed by atoms with Gasteiger partial charge in [-0.3, -0.25) is 0 Å². The van der Waals surface area contributed by atoms with E-state index in [9.17, 15) is 31.1 Å². The Balaban J connectivity index is 1.85. The van der Waals surface area contributed by atoms with Crippen LogP contribution in [-0.4, -0.2) is 60.2 Å². The summed E-state index contributed by atoms with van der Waals surface area (Å²) in [6, 6.07) is 8.32. The lowest BCUT2D eigenvalue weighted by Gasteiger charge is -2.20. The maximum atomic E-state index is 13.2. The van der Waals surface area contributed by atoms with Gasteiger partial charge in [-0.1, -0.05) is 24.3 Å². The zero-order valence-electron chi connectivity index (χ0n) is 22.2. The summed E-state index contributed by atoms with van der Waals surface area (Å²) in [4.78, 5) is 24.2. The number of halogens is 6. The fraction of sp³-hybridized carbons (Fsp3) is 0.370. The van der Waals surface area contributed by atoms with Crippen molar-refractivity contribution in [3.8, 4) is 23.0 Å². The number of hydrogen-bond donors (Lipinski definition) is 0. The summed E-state index contributed by atoms with van der Waals surface area (Å²) in [6.45, 7) is 2.35. The summed E-state index contributed by atoms with van der Waals surface area (Å²) in [6.07, 6.45) is -9.11. The number of ether oxygens (including phenoxy) is 2. The standard InChI is InChI=1S/C27H28F6N4O3/c1-17-8-5-6-9-21(17)23-22(15-34-24(35-23)39-11-7-10-36(2)3)40-25(38)37(4)16-18-12-19(26(28,29)30)14-20(13-18)27(31,32)33/h5-6,8-9,12-15H,7,10-11,16H2,1-4H3. The lowest BCUT2D eigenvalue weighted by atomic mass is 10.0. The van der Waals surface area contributed by atoms with Crippen LogP contribution < -0.4 is 9.47 Å². The van der Waals surface area contributed by atoms with Crippen molar-refractivity contribution in [3.63, 3.8) is 0 Å². The van der Waals surface area contributed by atoms with Crippen LogP contribution in [0.15, 0.2) is 48.7 Å². The summed E-state index contributed by atoms with van der Waals surface area (Å²) in [5.74, 6) is -0.0631. The lowest BCUT2D eigenvalue weighted by molar-refractivity contribution is -0.143. The molecule has 216 valence electrons. The second-order valence-electron chi connectivity index (χ2n) is 9.32. The van der Waals surface area contributed by atoms with Crippen molar-refractivity contribution in [2.75, 3.05) is 34.3 Å². The molecule has 0 radical (unpaired) electrons. The molecule has 13 heteroatoms. The Morgan fingerprint density at radius 2 is 1.57 bits per heavy atom. The number of nitrogens with zero attached hydrogens (tertiary/aromatic N) is 4. The average Bonchev–Trinajstić information content (AvgIpc) is 2.86. The molecule has 1 amide bonds. The van der Waals surface area contributed by atoms with Crippen molar-refractivity contribution < 1.29 is 40.6 Å². The van der Waals surface area contributed by atoms with Crippen LogP contribution in [0.3, 0.4) is 0 Å². The SMILES string of the molecule is Cc1ccccc1-c1nc(OCCCN(C)C)ncc1OC(=O)N(C)Cc1cc(C(F)(F)F)cc(C(F)(F)F)c1.